The van der Waals surface area contributed by atoms with E-state index in [2.05, 4.69) is 10.4 Å². The summed E-state index contributed by atoms with van der Waals surface area (Å²) in [6.45, 7) is 1.55. The van der Waals surface area contributed by atoms with Crippen LogP contribution in [0.25, 0.3) is 5.69 Å². The molecular weight excluding hydrogens is 363 g/mol. The normalized spacial score (nSPS) is 16.3. The first-order chi connectivity index (χ1) is 12.6. The second-order valence-electron chi connectivity index (χ2n) is 6.65. The molecule has 1 aromatic carbocycles. The van der Waals surface area contributed by atoms with E-state index < -0.39 is 29.2 Å². The van der Waals surface area contributed by atoms with Gasteiger partial charge in [-0.3, -0.25) is 4.79 Å². The van der Waals surface area contributed by atoms with Crippen molar-refractivity contribution in [3.8, 4) is 5.69 Å². The predicted octanol–water partition coefficient (Wildman–Crippen LogP) is 3.33. The Bertz CT molecular complexity index is 883. The van der Waals surface area contributed by atoms with Crippen LogP contribution < -0.4 is 5.32 Å². The Morgan fingerprint density at radius 3 is 2.52 bits per heavy atom. The fraction of sp³-hybridized carbons (Fsp3) is 0.389. The van der Waals surface area contributed by atoms with Crippen molar-refractivity contribution in [3.63, 3.8) is 0 Å². The van der Waals surface area contributed by atoms with E-state index in [1.54, 1.807) is 6.92 Å². The number of carbonyl (C=O) groups excluding carboxylic acids is 1. The van der Waals surface area contributed by atoms with E-state index in [-0.39, 0.29) is 11.3 Å². The number of alkyl halides is 3. The molecule has 1 fully saturated rings. The minimum Gasteiger partial charge on any atom is -0.480 e. The molecule has 0 radical (unpaired) electrons. The number of carboxylic acids is 1. The van der Waals surface area contributed by atoms with Crippen LogP contribution in [0.1, 0.15) is 47.3 Å². The third kappa shape index (κ3) is 3.54. The van der Waals surface area contributed by atoms with Crippen molar-refractivity contribution in [2.24, 2.45) is 0 Å². The van der Waals surface area contributed by atoms with E-state index >= 15 is 0 Å². The van der Waals surface area contributed by atoms with Crippen molar-refractivity contribution < 1.29 is 27.9 Å². The third-order valence-corrected chi connectivity index (χ3v) is 4.89. The van der Waals surface area contributed by atoms with Gasteiger partial charge < -0.3 is 10.4 Å². The molecule has 1 aromatic heterocycles. The molecule has 0 atom stereocenters. The predicted molar refractivity (Wildman–Crippen MR) is 89.6 cm³/mol. The molecule has 2 N–H and O–H groups in total. The fourth-order valence-corrected chi connectivity index (χ4v) is 3.36. The summed E-state index contributed by atoms with van der Waals surface area (Å²) in [6.07, 6.45) is -1.17. The molecule has 0 unspecified atom stereocenters. The van der Waals surface area contributed by atoms with Gasteiger partial charge in [-0.1, -0.05) is 18.9 Å². The number of amides is 1. The molecule has 0 bridgehead atoms. The number of halogens is 3. The summed E-state index contributed by atoms with van der Waals surface area (Å²) < 4.78 is 40.0. The molecule has 27 heavy (non-hydrogen) atoms. The number of aliphatic carboxylic acids is 1. The smallest absolute Gasteiger partial charge is 0.416 e. The molecule has 1 heterocycles. The molecule has 6 nitrogen and oxygen atoms in total. The molecule has 1 aliphatic rings. The molecular formula is C18H18F3N3O3. The van der Waals surface area contributed by atoms with Gasteiger partial charge in [-0.2, -0.15) is 18.3 Å². The zero-order valence-electron chi connectivity index (χ0n) is 14.5. The van der Waals surface area contributed by atoms with Gasteiger partial charge in [-0.05, 0) is 38.0 Å². The fourth-order valence-electron chi connectivity index (χ4n) is 3.36. The minimum absolute atomic E-state index is 0.125. The summed E-state index contributed by atoms with van der Waals surface area (Å²) in [6, 6.07) is 4.60. The quantitative estimate of drug-likeness (QED) is 0.851. The number of carbonyl (C=O) groups is 2. The Hall–Kier alpha value is -2.84. The average Bonchev–Trinajstić information content (AvgIpc) is 3.22. The summed E-state index contributed by atoms with van der Waals surface area (Å²) in [7, 11) is 0. The molecule has 0 aliphatic heterocycles. The van der Waals surface area contributed by atoms with Crippen LogP contribution in [0.2, 0.25) is 0 Å². The molecule has 3 rings (SSSR count). The van der Waals surface area contributed by atoms with Gasteiger partial charge in [0.1, 0.15) is 5.54 Å². The maximum Gasteiger partial charge on any atom is 0.416 e. The van der Waals surface area contributed by atoms with Crippen molar-refractivity contribution in [2.45, 2.75) is 44.3 Å². The van der Waals surface area contributed by atoms with Crippen molar-refractivity contribution in [1.29, 1.82) is 0 Å². The van der Waals surface area contributed by atoms with Crippen LogP contribution in [0.3, 0.4) is 0 Å². The van der Waals surface area contributed by atoms with Gasteiger partial charge in [-0.25, -0.2) is 9.48 Å². The lowest BCUT2D eigenvalue weighted by atomic mass is 9.97. The Morgan fingerprint density at radius 1 is 1.26 bits per heavy atom. The van der Waals surface area contributed by atoms with E-state index in [1.807, 2.05) is 0 Å². The molecule has 1 amide bonds. The average molecular weight is 381 g/mol. The molecule has 1 saturated carbocycles. The Labute approximate surface area is 153 Å². The molecule has 9 heteroatoms. The largest absolute Gasteiger partial charge is 0.480 e. The van der Waals surface area contributed by atoms with Crippen molar-refractivity contribution in [2.75, 3.05) is 0 Å². The number of nitrogens with one attached hydrogen (secondary N) is 1. The maximum atomic E-state index is 12.9. The summed E-state index contributed by atoms with van der Waals surface area (Å²) >= 11 is 0. The van der Waals surface area contributed by atoms with Gasteiger partial charge in [-0.15, -0.1) is 0 Å². The van der Waals surface area contributed by atoms with Crippen LogP contribution in [0.15, 0.2) is 30.5 Å². The highest BCUT2D eigenvalue weighted by Crippen LogP contribution is 2.32. The topological polar surface area (TPSA) is 84.2 Å². The van der Waals surface area contributed by atoms with Crippen molar-refractivity contribution in [3.05, 3.63) is 47.3 Å². The lowest BCUT2D eigenvalue weighted by Gasteiger charge is -2.25. The second kappa shape index (κ2) is 6.71. The van der Waals surface area contributed by atoms with E-state index in [1.165, 1.54) is 23.0 Å². The van der Waals surface area contributed by atoms with Gasteiger partial charge in [0, 0.05) is 0 Å². The molecule has 0 spiro atoms. The van der Waals surface area contributed by atoms with Crippen LogP contribution in [0.4, 0.5) is 13.2 Å². The lowest BCUT2D eigenvalue weighted by Crippen LogP contribution is -2.52. The molecule has 144 valence electrons. The Morgan fingerprint density at radius 2 is 1.93 bits per heavy atom. The van der Waals surface area contributed by atoms with E-state index in [9.17, 15) is 27.9 Å². The Kier molecular flexibility index (Phi) is 4.71. The molecule has 2 aromatic rings. The summed E-state index contributed by atoms with van der Waals surface area (Å²) in [5.41, 5.74) is -1.51. The summed E-state index contributed by atoms with van der Waals surface area (Å²) in [4.78, 5) is 24.2. The number of aromatic nitrogens is 2. The molecule has 1 aliphatic carbocycles. The maximum absolute atomic E-state index is 12.9. The first-order valence-electron chi connectivity index (χ1n) is 8.42. The lowest BCUT2D eigenvalue weighted by molar-refractivity contribution is -0.144. The first kappa shape index (κ1) is 18.9. The zero-order valence-corrected chi connectivity index (χ0v) is 14.5. The summed E-state index contributed by atoms with van der Waals surface area (Å²) in [5.74, 6) is -1.69. The van der Waals surface area contributed by atoms with Crippen LogP contribution >= 0.6 is 0 Å². The zero-order chi connectivity index (χ0) is 19.8. The van der Waals surface area contributed by atoms with Gasteiger partial charge in [0.15, 0.2) is 0 Å². The Balaban J connectivity index is 1.90. The minimum atomic E-state index is -4.49. The van der Waals surface area contributed by atoms with Gasteiger partial charge in [0.05, 0.1) is 28.7 Å². The van der Waals surface area contributed by atoms with Crippen molar-refractivity contribution in [1.82, 2.24) is 15.1 Å². The highest BCUT2D eigenvalue weighted by molar-refractivity contribution is 5.98. The van der Waals surface area contributed by atoms with E-state index in [0.29, 0.717) is 31.4 Å². The van der Waals surface area contributed by atoms with Crippen LogP contribution in [-0.4, -0.2) is 32.3 Å². The van der Waals surface area contributed by atoms with Crippen LogP contribution in [-0.2, 0) is 11.0 Å². The van der Waals surface area contributed by atoms with E-state index in [0.717, 1.165) is 12.1 Å². The van der Waals surface area contributed by atoms with Crippen LogP contribution in [0.5, 0.6) is 0 Å². The number of rotatable bonds is 4. The molecule has 0 saturated heterocycles. The van der Waals surface area contributed by atoms with Gasteiger partial charge >= 0.3 is 12.1 Å². The second-order valence-corrected chi connectivity index (χ2v) is 6.65. The number of nitrogens with zero attached hydrogens (tertiary/aromatic N) is 2. The standard InChI is InChI=1S/C18H18F3N3O3/c1-11-14(15(25)23-17(16(26)27)7-2-3-8-17)10-22-24(11)13-6-4-5-12(9-13)18(19,20)21/h4-6,9-10H,2-3,7-8H2,1H3,(H,23,25)(H,26,27). The van der Waals surface area contributed by atoms with Gasteiger partial charge in [0.2, 0.25) is 0 Å². The third-order valence-electron chi connectivity index (χ3n) is 4.89. The summed E-state index contributed by atoms with van der Waals surface area (Å²) in [5, 5.41) is 16.1. The highest BCUT2D eigenvalue weighted by Gasteiger charge is 2.43. The first-order valence-corrected chi connectivity index (χ1v) is 8.42. The number of hydrogen-bond acceptors (Lipinski definition) is 3. The SMILES string of the molecule is Cc1c(C(=O)NC2(C(=O)O)CCCC2)cnn1-c1cccc(C(F)(F)F)c1. The number of carboxylic acid groups (broad SMARTS) is 1. The van der Waals surface area contributed by atoms with Crippen LogP contribution in [0, 0.1) is 6.92 Å². The number of benzene rings is 1. The van der Waals surface area contributed by atoms with Crippen molar-refractivity contribution >= 4 is 11.9 Å². The monoisotopic (exact) mass is 381 g/mol. The number of hydrogen-bond donors (Lipinski definition) is 2. The highest BCUT2D eigenvalue weighted by atomic mass is 19.4. The van der Waals surface area contributed by atoms with Gasteiger partial charge in [0.25, 0.3) is 5.91 Å². The van der Waals surface area contributed by atoms with E-state index in [4.69, 9.17) is 0 Å².